The van der Waals surface area contributed by atoms with Crippen LogP contribution in [0.2, 0.25) is 5.02 Å². The molecule has 6 rings (SSSR count). The van der Waals surface area contributed by atoms with Gasteiger partial charge in [-0.15, -0.1) is 0 Å². The molecular weight excluding hydrogens is 410 g/mol. The van der Waals surface area contributed by atoms with Crippen molar-refractivity contribution in [2.24, 2.45) is 0 Å². The Morgan fingerprint density at radius 2 is 2.13 bits per heavy atom. The van der Waals surface area contributed by atoms with Gasteiger partial charge in [0.15, 0.2) is 11.8 Å². The van der Waals surface area contributed by atoms with E-state index in [9.17, 15) is 5.11 Å². The van der Waals surface area contributed by atoms with Crippen molar-refractivity contribution in [1.29, 1.82) is 0 Å². The van der Waals surface area contributed by atoms with Crippen molar-refractivity contribution < 1.29 is 19.3 Å². The maximum absolute atomic E-state index is 9.87. The van der Waals surface area contributed by atoms with Crippen LogP contribution in [0.5, 0.6) is 6.01 Å². The van der Waals surface area contributed by atoms with Gasteiger partial charge in [-0.3, -0.25) is 4.98 Å². The molecule has 0 bridgehead atoms. The standard InChI is InChI=1S/C20H20ClN5O4/c21-10-6-13-19(25-18(10)23-12-4-3-11-9(12)2-1-5-22-11)26-20(24-13)30-15-8-29-16-14(27)7-28-17(15)16/h1-2,5-6,12,14-17,27H,3-4,7-8H2,(H2,23,24,25,26)/t12?,14-,15-,16-,17-/m1/s1. The van der Waals surface area contributed by atoms with Gasteiger partial charge >= 0.3 is 0 Å². The Morgan fingerprint density at radius 3 is 3.07 bits per heavy atom. The van der Waals surface area contributed by atoms with Gasteiger partial charge in [0, 0.05) is 11.9 Å². The molecule has 5 atom stereocenters. The Labute approximate surface area is 176 Å². The van der Waals surface area contributed by atoms with E-state index in [-0.39, 0.29) is 31.0 Å². The van der Waals surface area contributed by atoms with E-state index in [2.05, 4.69) is 31.3 Å². The van der Waals surface area contributed by atoms with Crippen molar-refractivity contribution in [3.8, 4) is 6.01 Å². The highest BCUT2D eigenvalue weighted by Gasteiger charge is 2.48. The molecule has 9 nitrogen and oxygen atoms in total. The molecule has 0 saturated carbocycles. The molecule has 5 heterocycles. The lowest BCUT2D eigenvalue weighted by Crippen LogP contribution is -2.34. The molecular formula is C20H20ClN5O4. The topological polar surface area (TPSA) is 114 Å². The summed E-state index contributed by atoms with van der Waals surface area (Å²) in [6, 6.07) is 6.25. The predicted octanol–water partition coefficient (Wildman–Crippen LogP) is 2.01. The summed E-state index contributed by atoms with van der Waals surface area (Å²) in [5.74, 6) is 0.579. The van der Waals surface area contributed by atoms with Crippen molar-refractivity contribution in [2.75, 3.05) is 18.5 Å². The second kappa shape index (κ2) is 7.05. The number of hydrogen-bond donors (Lipinski definition) is 3. The molecule has 3 N–H and O–H groups in total. The second-order valence-electron chi connectivity index (χ2n) is 7.83. The third-order valence-corrected chi connectivity index (χ3v) is 6.22. The molecule has 3 aliphatic rings. The number of rotatable bonds is 4. The van der Waals surface area contributed by atoms with Crippen LogP contribution in [-0.4, -0.2) is 62.7 Å². The highest BCUT2D eigenvalue weighted by Crippen LogP contribution is 2.35. The van der Waals surface area contributed by atoms with Crippen molar-refractivity contribution in [2.45, 2.75) is 43.3 Å². The monoisotopic (exact) mass is 429 g/mol. The van der Waals surface area contributed by atoms with Crippen LogP contribution < -0.4 is 10.1 Å². The number of halogens is 1. The number of aromatic nitrogens is 4. The maximum atomic E-state index is 9.87. The molecule has 156 valence electrons. The first kappa shape index (κ1) is 18.3. The Morgan fingerprint density at radius 1 is 1.23 bits per heavy atom. The Balaban J connectivity index is 1.23. The van der Waals surface area contributed by atoms with E-state index in [0.717, 1.165) is 18.5 Å². The van der Waals surface area contributed by atoms with Gasteiger partial charge in [0.2, 0.25) is 0 Å². The molecule has 0 amide bonds. The lowest BCUT2D eigenvalue weighted by molar-refractivity contribution is 0.00706. The van der Waals surface area contributed by atoms with Crippen LogP contribution in [0.4, 0.5) is 5.82 Å². The summed E-state index contributed by atoms with van der Waals surface area (Å²) in [7, 11) is 0. The number of aliphatic hydroxyl groups is 1. The van der Waals surface area contributed by atoms with Gasteiger partial charge in [0.05, 0.1) is 29.8 Å². The number of anilines is 1. The maximum Gasteiger partial charge on any atom is 0.296 e. The Bertz CT molecular complexity index is 1110. The zero-order valence-corrected chi connectivity index (χ0v) is 16.7. The number of fused-ring (bicyclic) bond motifs is 3. The van der Waals surface area contributed by atoms with E-state index in [1.807, 2.05) is 12.3 Å². The summed E-state index contributed by atoms with van der Waals surface area (Å²) < 4.78 is 17.1. The average molecular weight is 430 g/mol. The lowest BCUT2D eigenvalue weighted by atomic mass is 10.1. The number of nitrogens with one attached hydrogen (secondary N) is 2. The Kier molecular flexibility index (Phi) is 4.31. The van der Waals surface area contributed by atoms with Crippen LogP contribution in [0.1, 0.15) is 23.7 Å². The number of nitrogens with zero attached hydrogens (tertiary/aromatic N) is 3. The fourth-order valence-electron chi connectivity index (χ4n) is 4.47. The average Bonchev–Trinajstić information content (AvgIpc) is 3.49. The molecule has 0 spiro atoms. The van der Waals surface area contributed by atoms with Crippen LogP contribution in [0, 0.1) is 0 Å². The molecule has 1 unspecified atom stereocenters. The lowest BCUT2D eigenvalue weighted by Gasteiger charge is -2.15. The summed E-state index contributed by atoms with van der Waals surface area (Å²) in [5, 5.41) is 13.8. The normalized spacial score (nSPS) is 29.9. The SMILES string of the molecule is O[C@@H]1CO[C@H]2[C@@H]1OC[C@H]2Oc1nc2nc(NC3CCc4ncccc43)c(Cl)cc2[nH]1. The van der Waals surface area contributed by atoms with Crippen LogP contribution in [0.25, 0.3) is 11.2 Å². The van der Waals surface area contributed by atoms with Crippen LogP contribution in [-0.2, 0) is 15.9 Å². The summed E-state index contributed by atoms with van der Waals surface area (Å²) >= 11 is 6.48. The molecule has 3 aromatic heterocycles. The zero-order valence-electron chi connectivity index (χ0n) is 15.9. The number of H-pyrrole nitrogens is 1. The van der Waals surface area contributed by atoms with Gasteiger partial charge in [-0.25, -0.2) is 4.98 Å². The molecule has 1 aliphatic carbocycles. The molecule has 3 aromatic rings. The Hall–Kier alpha value is -2.46. The number of aromatic amines is 1. The predicted molar refractivity (Wildman–Crippen MR) is 108 cm³/mol. The van der Waals surface area contributed by atoms with E-state index < -0.39 is 6.10 Å². The minimum absolute atomic E-state index is 0.115. The summed E-state index contributed by atoms with van der Waals surface area (Å²) in [4.78, 5) is 16.6. The van der Waals surface area contributed by atoms with Gasteiger partial charge in [-0.05, 0) is 30.5 Å². The number of aliphatic hydroxyl groups excluding tert-OH is 1. The first-order valence-corrected chi connectivity index (χ1v) is 10.4. The molecule has 2 aliphatic heterocycles. The third kappa shape index (κ3) is 3.01. The number of aryl methyl sites for hydroxylation is 1. The molecule has 0 radical (unpaired) electrons. The van der Waals surface area contributed by atoms with E-state index in [4.69, 9.17) is 25.8 Å². The number of imidazole rings is 1. The highest BCUT2D eigenvalue weighted by molar-refractivity contribution is 6.33. The van der Waals surface area contributed by atoms with Crippen LogP contribution >= 0.6 is 11.6 Å². The summed E-state index contributed by atoms with van der Waals surface area (Å²) in [5.41, 5.74) is 3.47. The van der Waals surface area contributed by atoms with E-state index in [1.54, 1.807) is 6.07 Å². The van der Waals surface area contributed by atoms with Crippen molar-refractivity contribution in [3.05, 3.63) is 40.7 Å². The fourth-order valence-corrected chi connectivity index (χ4v) is 4.68. The molecule has 2 fully saturated rings. The first-order chi connectivity index (χ1) is 14.7. The number of ether oxygens (including phenoxy) is 3. The molecule has 10 heteroatoms. The highest BCUT2D eigenvalue weighted by atomic mass is 35.5. The number of hydrogen-bond acceptors (Lipinski definition) is 8. The van der Waals surface area contributed by atoms with Crippen molar-refractivity contribution >= 4 is 28.6 Å². The summed E-state index contributed by atoms with van der Waals surface area (Å²) in [6.07, 6.45) is 2.06. The van der Waals surface area contributed by atoms with Gasteiger partial charge in [0.25, 0.3) is 6.01 Å². The van der Waals surface area contributed by atoms with Crippen molar-refractivity contribution in [1.82, 2.24) is 19.9 Å². The van der Waals surface area contributed by atoms with Gasteiger partial charge in [-0.2, -0.15) is 4.98 Å². The smallest absolute Gasteiger partial charge is 0.296 e. The van der Waals surface area contributed by atoms with E-state index in [1.165, 1.54) is 5.56 Å². The van der Waals surface area contributed by atoms with Crippen LogP contribution in [0.15, 0.2) is 24.4 Å². The van der Waals surface area contributed by atoms with Gasteiger partial charge < -0.3 is 29.6 Å². The summed E-state index contributed by atoms with van der Waals surface area (Å²) in [6.45, 7) is 0.584. The zero-order chi connectivity index (χ0) is 20.2. The quantitative estimate of drug-likeness (QED) is 0.577. The largest absolute Gasteiger partial charge is 0.456 e. The number of pyridine rings is 2. The fraction of sp³-hybridized carbons (Fsp3) is 0.450. The van der Waals surface area contributed by atoms with Gasteiger partial charge in [-0.1, -0.05) is 17.7 Å². The molecule has 0 aromatic carbocycles. The molecule has 30 heavy (non-hydrogen) atoms. The minimum Gasteiger partial charge on any atom is -0.456 e. The first-order valence-electron chi connectivity index (χ1n) is 10.0. The molecule has 2 saturated heterocycles. The van der Waals surface area contributed by atoms with E-state index in [0.29, 0.717) is 34.6 Å². The minimum atomic E-state index is -0.621. The second-order valence-corrected chi connectivity index (χ2v) is 8.23. The van der Waals surface area contributed by atoms with Crippen molar-refractivity contribution in [3.63, 3.8) is 0 Å². The van der Waals surface area contributed by atoms with Gasteiger partial charge in [0.1, 0.15) is 24.1 Å². The van der Waals surface area contributed by atoms with E-state index >= 15 is 0 Å². The third-order valence-electron chi connectivity index (χ3n) is 5.93. The van der Waals surface area contributed by atoms with Crippen LogP contribution in [0.3, 0.4) is 0 Å².